The molecule has 3 unspecified atom stereocenters. The summed E-state index contributed by atoms with van der Waals surface area (Å²) >= 11 is 6.24. The van der Waals surface area contributed by atoms with Crippen molar-refractivity contribution in [2.75, 3.05) is 13.2 Å². The summed E-state index contributed by atoms with van der Waals surface area (Å²) in [5, 5.41) is 3.01. The van der Waals surface area contributed by atoms with Gasteiger partial charge in [-0.2, -0.15) is 0 Å². The Morgan fingerprint density at radius 1 is 1.25 bits per heavy atom. The second-order valence-electron chi connectivity index (χ2n) is 5.40. The minimum absolute atomic E-state index is 0.0290. The number of hydrogen-bond donors (Lipinski definition) is 1. The normalized spacial score (nSPS) is 30.4. The maximum Gasteiger partial charge on any atom is 0.234 e. The Kier molecular flexibility index (Phi) is 3.76. The van der Waals surface area contributed by atoms with E-state index in [0.29, 0.717) is 24.7 Å². The number of imide groups is 1. The summed E-state index contributed by atoms with van der Waals surface area (Å²) in [6.07, 6.45) is 1.25. The van der Waals surface area contributed by atoms with Gasteiger partial charge in [0.25, 0.3) is 0 Å². The third-order valence-corrected chi connectivity index (χ3v) is 4.55. The molecule has 0 aliphatic carbocycles. The number of ether oxygens (including phenoxy) is 1. The van der Waals surface area contributed by atoms with E-state index in [1.807, 2.05) is 18.2 Å². The first-order valence-electron chi connectivity index (χ1n) is 6.82. The molecule has 0 saturated carbocycles. The summed E-state index contributed by atoms with van der Waals surface area (Å²) in [5.74, 6) is -0.598. The SMILES string of the molecule is O=C1CC(C2CCOC2)C(c2ccccc2Cl)C(=O)N1. The number of amides is 2. The lowest BCUT2D eigenvalue weighted by atomic mass is 9.73. The number of rotatable bonds is 2. The molecule has 0 bridgehead atoms. The van der Waals surface area contributed by atoms with Crippen molar-refractivity contribution in [1.82, 2.24) is 5.32 Å². The van der Waals surface area contributed by atoms with Crippen LogP contribution in [0, 0.1) is 11.8 Å². The lowest BCUT2D eigenvalue weighted by Crippen LogP contribution is -2.46. The highest BCUT2D eigenvalue weighted by Gasteiger charge is 2.42. The van der Waals surface area contributed by atoms with E-state index in [4.69, 9.17) is 16.3 Å². The molecule has 2 heterocycles. The van der Waals surface area contributed by atoms with E-state index < -0.39 is 0 Å². The van der Waals surface area contributed by atoms with Gasteiger partial charge in [0.1, 0.15) is 0 Å². The van der Waals surface area contributed by atoms with Crippen LogP contribution in [0.2, 0.25) is 5.02 Å². The van der Waals surface area contributed by atoms with Gasteiger partial charge in [0.2, 0.25) is 11.8 Å². The van der Waals surface area contributed by atoms with Crippen LogP contribution in [0.15, 0.2) is 24.3 Å². The lowest BCUT2D eigenvalue weighted by Gasteiger charge is -2.34. The third kappa shape index (κ3) is 2.45. The fourth-order valence-electron chi connectivity index (χ4n) is 3.22. The zero-order valence-corrected chi connectivity index (χ0v) is 11.7. The standard InChI is InChI=1S/C15H16ClNO3/c16-12-4-2-1-3-10(12)14-11(9-5-6-20-8-9)7-13(18)17-15(14)19/h1-4,9,11,14H,5-8H2,(H,17,18,19). The number of hydrogen-bond acceptors (Lipinski definition) is 3. The molecule has 1 aromatic carbocycles. The van der Waals surface area contributed by atoms with Crippen LogP contribution in [-0.2, 0) is 14.3 Å². The molecule has 4 nitrogen and oxygen atoms in total. The highest BCUT2D eigenvalue weighted by molar-refractivity contribution is 6.31. The molecule has 2 amide bonds. The fourth-order valence-corrected chi connectivity index (χ4v) is 3.47. The number of nitrogens with one attached hydrogen (secondary N) is 1. The van der Waals surface area contributed by atoms with Crippen LogP contribution < -0.4 is 5.32 Å². The molecule has 2 aliphatic heterocycles. The maximum absolute atomic E-state index is 12.3. The number of halogens is 1. The van der Waals surface area contributed by atoms with Crippen LogP contribution in [-0.4, -0.2) is 25.0 Å². The maximum atomic E-state index is 12.3. The van der Waals surface area contributed by atoms with Crippen LogP contribution >= 0.6 is 11.6 Å². The molecule has 0 spiro atoms. The minimum atomic E-state index is -0.368. The Hall–Kier alpha value is -1.39. The van der Waals surface area contributed by atoms with Crippen LogP contribution in [0.4, 0.5) is 0 Å². The van der Waals surface area contributed by atoms with Gasteiger partial charge in [0.15, 0.2) is 0 Å². The molecule has 0 radical (unpaired) electrons. The zero-order valence-electron chi connectivity index (χ0n) is 11.0. The van der Waals surface area contributed by atoms with E-state index in [0.717, 1.165) is 12.0 Å². The van der Waals surface area contributed by atoms with Crippen molar-refractivity contribution in [2.24, 2.45) is 11.8 Å². The topological polar surface area (TPSA) is 55.4 Å². The van der Waals surface area contributed by atoms with Gasteiger partial charge in [0, 0.05) is 24.7 Å². The van der Waals surface area contributed by atoms with Gasteiger partial charge in [-0.1, -0.05) is 29.8 Å². The monoisotopic (exact) mass is 293 g/mol. The van der Waals surface area contributed by atoms with Crippen molar-refractivity contribution >= 4 is 23.4 Å². The summed E-state index contributed by atoms with van der Waals surface area (Å²) in [4.78, 5) is 24.0. The fraction of sp³-hybridized carbons (Fsp3) is 0.467. The third-order valence-electron chi connectivity index (χ3n) is 4.21. The molecule has 3 rings (SSSR count). The van der Waals surface area contributed by atoms with Crippen LogP contribution in [0.3, 0.4) is 0 Å². The second kappa shape index (κ2) is 5.54. The van der Waals surface area contributed by atoms with E-state index >= 15 is 0 Å². The lowest BCUT2D eigenvalue weighted by molar-refractivity contribution is -0.137. The molecule has 2 aliphatic rings. The average molecular weight is 294 g/mol. The first-order valence-corrected chi connectivity index (χ1v) is 7.20. The highest BCUT2D eigenvalue weighted by atomic mass is 35.5. The summed E-state index contributed by atoms with van der Waals surface area (Å²) in [5.41, 5.74) is 0.802. The number of carbonyl (C=O) groups excluding carboxylic acids is 2. The predicted molar refractivity (Wildman–Crippen MR) is 74.4 cm³/mol. The van der Waals surface area contributed by atoms with Crippen molar-refractivity contribution in [2.45, 2.75) is 18.8 Å². The Bertz CT molecular complexity index is 540. The molecule has 1 N–H and O–H groups in total. The van der Waals surface area contributed by atoms with Crippen LogP contribution in [0.25, 0.3) is 0 Å². The Morgan fingerprint density at radius 3 is 2.75 bits per heavy atom. The second-order valence-corrected chi connectivity index (χ2v) is 5.81. The average Bonchev–Trinajstić information content (AvgIpc) is 2.93. The van der Waals surface area contributed by atoms with Gasteiger partial charge >= 0.3 is 0 Å². The molecule has 0 aromatic heterocycles. The van der Waals surface area contributed by atoms with E-state index in [9.17, 15) is 9.59 Å². The molecule has 2 fully saturated rings. The van der Waals surface area contributed by atoms with Gasteiger partial charge in [-0.15, -0.1) is 0 Å². The Morgan fingerprint density at radius 2 is 2.05 bits per heavy atom. The Labute approximate surface area is 122 Å². The summed E-state index contributed by atoms with van der Waals surface area (Å²) in [6, 6.07) is 7.35. The predicted octanol–water partition coefficient (Wildman–Crippen LogP) is 2.12. The van der Waals surface area contributed by atoms with Crippen molar-refractivity contribution in [3.05, 3.63) is 34.9 Å². The first kappa shape index (κ1) is 13.6. The first-order chi connectivity index (χ1) is 9.66. The minimum Gasteiger partial charge on any atom is -0.381 e. The molecule has 5 heteroatoms. The molecule has 1 aromatic rings. The smallest absolute Gasteiger partial charge is 0.234 e. The molecule has 20 heavy (non-hydrogen) atoms. The van der Waals surface area contributed by atoms with Crippen molar-refractivity contribution in [3.63, 3.8) is 0 Å². The molecule has 3 atom stereocenters. The van der Waals surface area contributed by atoms with E-state index in [1.165, 1.54) is 0 Å². The van der Waals surface area contributed by atoms with Crippen LogP contribution in [0.1, 0.15) is 24.3 Å². The van der Waals surface area contributed by atoms with E-state index in [1.54, 1.807) is 6.07 Å². The number of piperidine rings is 1. The highest BCUT2D eigenvalue weighted by Crippen LogP contribution is 2.41. The summed E-state index contributed by atoms with van der Waals surface area (Å²) in [7, 11) is 0. The van der Waals surface area contributed by atoms with Gasteiger partial charge < -0.3 is 4.74 Å². The Balaban J connectivity index is 1.97. The summed E-state index contributed by atoms with van der Waals surface area (Å²) < 4.78 is 5.42. The van der Waals surface area contributed by atoms with Gasteiger partial charge in [-0.05, 0) is 29.9 Å². The van der Waals surface area contributed by atoms with E-state index in [-0.39, 0.29) is 29.6 Å². The molecule has 2 saturated heterocycles. The van der Waals surface area contributed by atoms with Crippen molar-refractivity contribution in [1.29, 1.82) is 0 Å². The largest absolute Gasteiger partial charge is 0.381 e. The van der Waals surface area contributed by atoms with Crippen molar-refractivity contribution in [3.8, 4) is 0 Å². The van der Waals surface area contributed by atoms with E-state index in [2.05, 4.69) is 5.32 Å². The van der Waals surface area contributed by atoms with Crippen molar-refractivity contribution < 1.29 is 14.3 Å². The number of benzene rings is 1. The quantitative estimate of drug-likeness (QED) is 0.850. The zero-order chi connectivity index (χ0) is 14.1. The van der Waals surface area contributed by atoms with Gasteiger partial charge in [-0.3, -0.25) is 14.9 Å². The van der Waals surface area contributed by atoms with Gasteiger partial charge in [0.05, 0.1) is 5.92 Å². The molecule has 106 valence electrons. The van der Waals surface area contributed by atoms with Gasteiger partial charge in [-0.25, -0.2) is 0 Å². The van der Waals surface area contributed by atoms with Crippen LogP contribution in [0.5, 0.6) is 0 Å². The number of carbonyl (C=O) groups is 2. The molecular weight excluding hydrogens is 278 g/mol. The molecular formula is C15H16ClNO3. The summed E-state index contributed by atoms with van der Waals surface area (Å²) in [6.45, 7) is 1.32.